The maximum Gasteiger partial charge on any atom is 0.164 e. The summed E-state index contributed by atoms with van der Waals surface area (Å²) >= 11 is 0. The van der Waals surface area contributed by atoms with Crippen LogP contribution in [0.5, 0.6) is 0 Å². The van der Waals surface area contributed by atoms with Crippen LogP contribution in [0.25, 0.3) is 116 Å². The van der Waals surface area contributed by atoms with Gasteiger partial charge in [0.1, 0.15) is 11.2 Å². The second kappa shape index (κ2) is 12.8. The van der Waals surface area contributed by atoms with Gasteiger partial charge in [-0.05, 0) is 63.0 Å². The number of benzene rings is 9. The molecular formula is C53H32N4O. The van der Waals surface area contributed by atoms with Crippen LogP contribution in [-0.2, 0) is 0 Å². The van der Waals surface area contributed by atoms with Crippen molar-refractivity contribution < 1.29 is 4.42 Å². The number of rotatable bonds is 5. The van der Waals surface area contributed by atoms with Gasteiger partial charge in [0.25, 0.3) is 0 Å². The Bertz CT molecular complexity index is 3560. The molecule has 0 radical (unpaired) electrons. The van der Waals surface area contributed by atoms with E-state index in [1.807, 2.05) is 18.2 Å². The molecule has 0 N–H and O–H groups in total. The van der Waals surface area contributed by atoms with Crippen molar-refractivity contribution in [1.29, 1.82) is 0 Å². The summed E-state index contributed by atoms with van der Waals surface area (Å²) < 4.78 is 9.06. The van der Waals surface area contributed by atoms with E-state index >= 15 is 0 Å². The Hall–Kier alpha value is -7.89. The van der Waals surface area contributed by atoms with E-state index in [0.717, 1.165) is 77.2 Å². The van der Waals surface area contributed by atoms with Crippen molar-refractivity contribution in [2.75, 3.05) is 0 Å². The van der Waals surface area contributed by atoms with E-state index in [1.54, 1.807) is 0 Å². The normalized spacial score (nSPS) is 11.8. The van der Waals surface area contributed by atoms with Crippen molar-refractivity contribution in [3.8, 4) is 51.0 Å². The van der Waals surface area contributed by atoms with Crippen LogP contribution in [0, 0.1) is 0 Å². The molecule has 58 heavy (non-hydrogen) atoms. The third kappa shape index (κ3) is 5.14. The van der Waals surface area contributed by atoms with Crippen LogP contribution in [0.2, 0.25) is 0 Å². The first-order valence-electron chi connectivity index (χ1n) is 19.5. The van der Waals surface area contributed by atoms with E-state index in [1.165, 1.54) is 21.5 Å². The number of hydrogen-bond acceptors (Lipinski definition) is 4. The van der Waals surface area contributed by atoms with Gasteiger partial charge in [-0.25, -0.2) is 15.0 Å². The maximum atomic E-state index is 6.71. The van der Waals surface area contributed by atoms with Crippen molar-refractivity contribution in [2.24, 2.45) is 0 Å². The molecule has 12 rings (SSSR count). The van der Waals surface area contributed by atoms with Gasteiger partial charge in [0.05, 0.1) is 16.7 Å². The number of para-hydroxylation sites is 2. The minimum Gasteiger partial charge on any atom is -0.456 e. The molecule has 3 heterocycles. The summed E-state index contributed by atoms with van der Waals surface area (Å²) in [4.78, 5) is 15.9. The molecular weight excluding hydrogens is 709 g/mol. The van der Waals surface area contributed by atoms with Gasteiger partial charge in [0, 0.05) is 44.3 Å². The van der Waals surface area contributed by atoms with Gasteiger partial charge < -0.3 is 8.98 Å². The second-order valence-electron chi connectivity index (χ2n) is 14.8. The first kappa shape index (κ1) is 32.4. The molecule has 9 aromatic carbocycles. The SMILES string of the molecule is c1ccc(-c2ccc(-c3nc(-c4cccc5ccccc45)nc(-c4cc(-n5c6ccccc6c6cc7ccccc7cc65)cc5oc6ccccc6c45)n3)cc2)cc1. The van der Waals surface area contributed by atoms with E-state index in [-0.39, 0.29) is 0 Å². The van der Waals surface area contributed by atoms with E-state index in [2.05, 4.69) is 180 Å². The largest absolute Gasteiger partial charge is 0.456 e. The second-order valence-corrected chi connectivity index (χ2v) is 14.8. The Morgan fingerprint density at radius 2 is 0.948 bits per heavy atom. The molecule has 0 saturated heterocycles. The van der Waals surface area contributed by atoms with E-state index in [4.69, 9.17) is 19.4 Å². The third-order valence-corrected chi connectivity index (χ3v) is 11.4. The highest BCUT2D eigenvalue weighted by Gasteiger charge is 2.22. The predicted octanol–water partition coefficient (Wildman–Crippen LogP) is 13.8. The average molecular weight is 741 g/mol. The molecule has 3 aromatic heterocycles. The monoisotopic (exact) mass is 740 g/mol. The van der Waals surface area contributed by atoms with Crippen LogP contribution in [-0.4, -0.2) is 19.5 Å². The molecule has 0 saturated carbocycles. The standard InChI is InChI=1S/C53H32N4O/c1-2-13-33(14-3-1)34-25-27-36(28-26-34)51-54-52(42-22-12-18-35-15-6-7-19-40(35)42)56-53(55-51)45-31-39(32-49-50(45)43-21-9-11-24-48(43)58-49)57-46-23-10-8-20-41(46)44-29-37-16-4-5-17-38(37)30-47(44)57/h1-32H. The van der Waals surface area contributed by atoms with Crippen LogP contribution < -0.4 is 0 Å². The average Bonchev–Trinajstić information content (AvgIpc) is 3.83. The van der Waals surface area contributed by atoms with Crippen molar-refractivity contribution in [1.82, 2.24) is 19.5 Å². The van der Waals surface area contributed by atoms with Crippen molar-refractivity contribution >= 4 is 65.3 Å². The minimum absolute atomic E-state index is 0.574. The zero-order valence-electron chi connectivity index (χ0n) is 31.2. The summed E-state index contributed by atoms with van der Waals surface area (Å²) in [5.74, 6) is 1.78. The maximum absolute atomic E-state index is 6.71. The highest BCUT2D eigenvalue weighted by molar-refractivity contribution is 6.16. The minimum atomic E-state index is 0.574. The van der Waals surface area contributed by atoms with Crippen LogP contribution in [0.3, 0.4) is 0 Å². The van der Waals surface area contributed by atoms with Crippen molar-refractivity contribution in [2.45, 2.75) is 0 Å². The quantitative estimate of drug-likeness (QED) is 0.176. The highest BCUT2D eigenvalue weighted by Crippen LogP contribution is 2.42. The molecule has 0 unspecified atom stereocenters. The summed E-state index contributed by atoms with van der Waals surface area (Å²) in [5, 5.41) is 8.96. The zero-order valence-corrected chi connectivity index (χ0v) is 31.2. The fraction of sp³-hybridized carbons (Fsp3) is 0. The summed E-state index contributed by atoms with van der Waals surface area (Å²) in [6.07, 6.45) is 0. The predicted molar refractivity (Wildman–Crippen MR) is 238 cm³/mol. The van der Waals surface area contributed by atoms with Crippen LogP contribution in [0.15, 0.2) is 199 Å². The first-order chi connectivity index (χ1) is 28.7. The Kier molecular flexibility index (Phi) is 7.16. The van der Waals surface area contributed by atoms with Gasteiger partial charge in [-0.2, -0.15) is 0 Å². The summed E-state index contributed by atoms with van der Waals surface area (Å²) in [6, 6.07) is 68.0. The molecule has 0 bridgehead atoms. The summed E-state index contributed by atoms with van der Waals surface area (Å²) in [7, 11) is 0. The number of furan rings is 1. The lowest BCUT2D eigenvalue weighted by Gasteiger charge is -2.14. The lowest BCUT2D eigenvalue weighted by molar-refractivity contribution is 0.668. The van der Waals surface area contributed by atoms with Gasteiger partial charge >= 0.3 is 0 Å². The van der Waals surface area contributed by atoms with E-state index in [0.29, 0.717) is 17.5 Å². The molecule has 270 valence electrons. The molecule has 5 nitrogen and oxygen atoms in total. The Labute approximate surface area is 333 Å². The number of fused-ring (bicyclic) bond motifs is 8. The molecule has 0 amide bonds. The molecule has 0 fully saturated rings. The summed E-state index contributed by atoms with van der Waals surface area (Å²) in [6.45, 7) is 0. The van der Waals surface area contributed by atoms with Gasteiger partial charge in [-0.1, -0.05) is 158 Å². The fourth-order valence-electron chi connectivity index (χ4n) is 8.69. The summed E-state index contributed by atoms with van der Waals surface area (Å²) in [5.41, 5.74) is 9.78. The Morgan fingerprint density at radius 1 is 0.345 bits per heavy atom. The van der Waals surface area contributed by atoms with Crippen molar-refractivity contribution in [3.05, 3.63) is 194 Å². The Morgan fingerprint density at radius 3 is 1.78 bits per heavy atom. The fourth-order valence-corrected chi connectivity index (χ4v) is 8.69. The van der Waals surface area contributed by atoms with Gasteiger partial charge in [-0.3, -0.25) is 0 Å². The molecule has 0 spiro atoms. The van der Waals surface area contributed by atoms with Crippen LogP contribution in [0.1, 0.15) is 0 Å². The van der Waals surface area contributed by atoms with Gasteiger partial charge in [0.2, 0.25) is 0 Å². The molecule has 0 atom stereocenters. The molecule has 12 aromatic rings. The first-order valence-corrected chi connectivity index (χ1v) is 19.5. The third-order valence-electron chi connectivity index (χ3n) is 11.4. The van der Waals surface area contributed by atoms with Gasteiger partial charge in [-0.15, -0.1) is 0 Å². The molecule has 0 aliphatic rings. The molecule has 5 heteroatoms. The highest BCUT2D eigenvalue weighted by atomic mass is 16.3. The zero-order chi connectivity index (χ0) is 38.2. The van der Waals surface area contributed by atoms with E-state index < -0.39 is 0 Å². The smallest absolute Gasteiger partial charge is 0.164 e. The van der Waals surface area contributed by atoms with Crippen LogP contribution >= 0.6 is 0 Å². The lowest BCUT2D eigenvalue weighted by atomic mass is 10.0. The van der Waals surface area contributed by atoms with Crippen molar-refractivity contribution in [3.63, 3.8) is 0 Å². The van der Waals surface area contributed by atoms with E-state index in [9.17, 15) is 0 Å². The molecule has 0 aliphatic carbocycles. The topological polar surface area (TPSA) is 56.7 Å². The molecule has 0 aliphatic heterocycles. The lowest BCUT2D eigenvalue weighted by Crippen LogP contribution is -2.02. The number of hydrogen-bond donors (Lipinski definition) is 0. The number of aromatic nitrogens is 4. The Balaban J connectivity index is 1.15. The van der Waals surface area contributed by atoms with Crippen LogP contribution in [0.4, 0.5) is 0 Å². The van der Waals surface area contributed by atoms with Gasteiger partial charge in [0.15, 0.2) is 17.5 Å². The number of nitrogens with zero attached hydrogens (tertiary/aromatic N) is 4.